The maximum Gasteiger partial charge on any atom is 0.262 e. The number of ether oxygens (including phenoxy) is 1. The van der Waals surface area contributed by atoms with E-state index >= 15 is 0 Å². The van der Waals surface area contributed by atoms with Crippen LogP contribution in [0.5, 0.6) is 5.75 Å². The van der Waals surface area contributed by atoms with Gasteiger partial charge in [-0.05, 0) is 53.3 Å². The molecule has 0 atom stereocenters. The summed E-state index contributed by atoms with van der Waals surface area (Å²) in [5.74, 6) is 0.425. The van der Waals surface area contributed by atoms with E-state index in [1.165, 1.54) is 0 Å². The largest absolute Gasteiger partial charge is 0.483 e. The molecule has 166 valence electrons. The Hall–Kier alpha value is -3.60. The van der Waals surface area contributed by atoms with E-state index in [9.17, 15) is 9.59 Å². The number of hydrogen-bond donors (Lipinski definition) is 2. The van der Waals surface area contributed by atoms with Crippen molar-refractivity contribution >= 4 is 23.2 Å². The van der Waals surface area contributed by atoms with Crippen molar-refractivity contribution in [3.63, 3.8) is 0 Å². The fourth-order valence-electron chi connectivity index (χ4n) is 3.32. The second-order valence-corrected chi connectivity index (χ2v) is 8.69. The molecule has 5 nitrogen and oxygen atoms in total. The van der Waals surface area contributed by atoms with Crippen LogP contribution in [0.4, 0.5) is 11.4 Å². The Morgan fingerprint density at radius 1 is 0.750 bits per heavy atom. The van der Waals surface area contributed by atoms with Crippen LogP contribution in [0.15, 0.2) is 78.9 Å². The first-order valence-electron chi connectivity index (χ1n) is 10.8. The maximum atomic E-state index is 12.3. The number of benzene rings is 3. The zero-order chi connectivity index (χ0) is 23.0. The molecule has 3 aromatic carbocycles. The molecule has 0 aliphatic carbocycles. The molecule has 2 N–H and O–H groups in total. The second kappa shape index (κ2) is 10.6. The van der Waals surface area contributed by atoms with Crippen LogP contribution in [0.1, 0.15) is 38.3 Å². The van der Waals surface area contributed by atoms with Gasteiger partial charge in [0.25, 0.3) is 5.91 Å². The Morgan fingerprint density at radius 3 is 1.94 bits per heavy atom. The highest BCUT2D eigenvalue weighted by atomic mass is 16.5. The summed E-state index contributed by atoms with van der Waals surface area (Å²) in [6.07, 6.45) is 1.11. The summed E-state index contributed by atoms with van der Waals surface area (Å²) in [6, 6.07) is 24.7. The van der Waals surface area contributed by atoms with Gasteiger partial charge in [0.1, 0.15) is 5.75 Å². The van der Waals surface area contributed by atoms with Crippen LogP contribution < -0.4 is 15.4 Å². The first kappa shape index (κ1) is 23.1. The SMILES string of the molecule is CC(C)(C)c1ccccc1OCC(=O)Nc1ccc(NC(=O)CCc2ccccc2)cc1. The minimum atomic E-state index is -0.242. The molecule has 32 heavy (non-hydrogen) atoms. The van der Waals surface area contributed by atoms with Gasteiger partial charge < -0.3 is 15.4 Å². The van der Waals surface area contributed by atoms with Crippen LogP contribution >= 0.6 is 0 Å². The molecule has 0 heterocycles. The summed E-state index contributed by atoms with van der Waals surface area (Å²) in [4.78, 5) is 24.5. The Balaban J connectivity index is 1.47. The van der Waals surface area contributed by atoms with Gasteiger partial charge in [0, 0.05) is 17.8 Å². The molecule has 0 saturated carbocycles. The van der Waals surface area contributed by atoms with E-state index in [4.69, 9.17) is 4.74 Å². The van der Waals surface area contributed by atoms with Crippen LogP contribution in [-0.2, 0) is 21.4 Å². The summed E-state index contributed by atoms with van der Waals surface area (Å²) in [7, 11) is 0. The fourth-order valence-corrected chi connectivity index (χ4v) is 3.32. The predicted octanol–water partition coefficient (Wildman–Crippen LogP) is 5.57. The van der Waals surface area contributed by atoms with E-state index in [1.54, 1.807) is 24.3 Å². The van der Waals surface area contributed by atoms with Gasteiger partial charge >= 0.3 is 0 Å². The van der Waals surface area contributed by atoms with Crippen molar-refractivity contribution in [3.05, 3.63) is 90.0 Å². The minimum Gasteiger partial charge on any atom is -0.483 e. The van der Waals surface area contributed by atoms with Crippen LogP contribution in [0.25, 0.3) is 0 Å². The zero-order valence-electron chi connectivity index (χ0n) is 18.9. The van der Waals surface area contributed by atoms with E-state index in [2.05, 4.69) is 31.4 Å². The molecule has 0 bridgehead atoms. The van der Waals surface area contributed by atoms with Crippen molar-refractivity contribution < 1.29 is 14.3 Å². The van der Waals surface area contributed by atoms with Gasteiger partial charge in [-0.25, -0.2) is 0 Å². The molecule has 0 aliphatic rings. The lowest BCUT2D eigenvalue weighted by atomic mass is 9.86. The number of carbonyl (C=O) groups is 2. The molecule has 3 aromatic rings. The number of nitrogens with one attached hydrogen (secondary N) is 2. The maximum absolute atomic E-state index is 12.3. The molecule has 0 aliphatic heterocycles. The van der Waals surface area contributed by atoms with Gasteiger partial charge in [0.05, 0.1) is 0 Å². The van der Waals surface area contributed by atoms with Gasteiger partial charge in [-0.3, -0.25) is 9.59 Å². The monoisotopic (exact) mass is 430 g/mol. The van der Waals surface area contributed by atoms with E-state index < -0.39 is 0 Å². The predicted molar refractivity (Wildman–Crippen MR) is 129 cm³/mol. The first-order chi connectivity index (χ1) is 15.3. The Labute approximate surface area is 189 Å². The van der Waals surface area contributed by atoms with Crippen molar-refractivity contribution in [2.45, 2.75) is 39.0 Å². The smallest absolute Gasteiger partial charge is 0.262 e. The molecule has 0 aromatic heterocycles. The van der Waals surface area contributed by atoms with E-state index in [1.807, 2.05) is 54.6 Å². The van der Waals surface area contributed by atoms with E-state index in [0.29, 0.717) is 30.0 Å². The summed E-state index contributed by atoms with van der Waals surface area (Å²) in [6.45, 7) is 6.25. The number of anilines is 2. The molecule has 0 fully saturated rings. The molecule has 3 rings (SSSR count). The van der Waals surface area contributed by atoms with Crippen LogP contribution in [-0.4, -0.2) is 18.4 Å². The number of amides is 2. The third-order valence-electron chi connectivity index (χ3n) is 4.99. The number of carbonyl (C=O) groups excluding carboxylic acids is 2. The van der Waals surface area contributed by atoms with Gasteiger partial charge in [-0.15, -0.1) is 0 Å². The Bertz CT molecular complexity index is 1040. The molecular weight excluding hydrogens is 400 g/mol. The molecular formula is C27H30N2O3. The van der Waals surface area contributed by atoms with E-state index in [0.717, 1.165) is 11.1 Å². The number of hydrogen-bond acceptors (Lipinski definition) is 3. The van der Waals surface area contributed by atoms with E-state index in [-0.39, 0.29) is 23.8 Å². The lowest BCUT2D eigenvalue weighted by Gasteiger charge is -2.22. The number of rotatable bonds is 8. The molecule has 0 saturated heterocycles. The highest BCUT2D eigenvalue weighted by Gasteiger charge is 2.18. The average molecular weight is 431 g/mol. The molecule has 0 radical (unpaired) electrons. The van der Waals surface area contributed by atoms with Crippen LogP contribution in [0.3, 0.4) is 0 Å². The quantitative estimate of drug-likeness (QED) is 0.491. The third-order valence-corrected chi connectivity index (χ3v) is 4.99. The zero-order valence-corrected chi connectivity index (χ0v) is 18.9. The average Bonchev–Trinajstić information content (AvgIpc) is 2.78. The lowest BCUT2D eigenvalue weighted by molar-refractivity contribution is -0.118. The number of aryl methyl sites for hydroxylation is 1. The normalized spacial score (nSPS) is 11.0. The van der Waals surface area contributed by atoms with Crippen molar-refractivity contribution in [1.29, 1.82) is 0 Å². The first-order valence-corrected chi connectivity index (χ1v) is 10.8. The van der Waals surface area contributed by atoms with Crippen LogP contribution in [0, 0.1) is 0 Å². The fraction of sp³-hybridized carbons (Fsp3) is 0.259. The highest BCUT2D eigenvalue weighted by Crippen LogP contribution is 2.30. The summed E-state index contributed by atoms with van der Waals surface area (Å²) >= 11 is 0. The molecule has 0 spiro atoms. The Kier molecular flexibility index (Phi) is 7.66. The molecule has 2 amide bonds. The third kappa shape index (κ3) is 6.98. The van der Waals surface area contributed by atoms with Gasteiger partial charge in [0.2, 0.25) is 5.91 Å². The topological polar surface area (TPSA) is 67.4 Å². The molecule has 0 unspecified atom stereocenters. The van der Waals surface area contributed by atoms with Crippen LogP contribution in [0.2, 0.25) is 0 Å². The summed E-state index contributed by atoms with van der Waals surface area (Å²) < 4.78 is 5.77. The minimum absolute atomic E-state index is 0.0449. The van der Waals surface area contributed by atoms with Crippen molar-refractivity contribution in [2.24, 2.45) is 0 Å². The summed E-state index contributed by atoms with van der Waals surface area (Å²) in [5, 5.41) is 5.70. The highest BCUT2D eigenvalue weighted by molar-refractivity contribution is 5.93. The van der Waals surface area contributed by atoms with Crippen molar-refractivity contribution in [1.82, 2.24) is 0 Å². The second-order valence-electron chi connectivity index (χ2n) is 8.69. The van der Waals surface area contributed by atoms with Gasteiger partial charge in [0.15, 0.2) is 6.61 Å². The summed E-state index contributed by atoms with van der Waals surface area (Å²) in [5.41, 5.74) is 3.45. The van der Waals surface area contributed by atoms with Crippen molar-refractivity contribution in [3.8, 4) is 5.75 Å². The Morgan fingerprint density at radius 2 is 1.31 bits per heavy atom. The van der Waals surface area contributed by atoms with Gasteiger partial charge in [-0.1, -0.05) is 69.3 Å². The van der Waals surface area contributed by atoms with Gasteiger partial charge in [-0.2, -0.15) is 0 Å². The lowest BCUT2D eigenvalue weighted by Crippen LogP contribution is -2.22. The van der Waals surface area contributed by atoms with Crippen molar-refractivity contribution in [2.75, 3.05) is 17.2 Å². The molecule has 5 heteroatoms. The standard InChI is InChI=1S/C27H30N2O3/c1-27(2,3)23-11-7-8-12-24(23)32-19-26(31)29-22-16-14-21(15-17-22)28-25(30)18-13-20-9-5-4-6-10-20/h4-12,14-17H,13,18-19H2,1-3H3,(H,28,30)(H,29,31). The number of para-hydroxylation sites is 1.